The van der Waals surface area contributed by atoms with Gasteiger partial charge in [-0.2, -0.15) is 0 Å². The molecule has 0 amide bonds. The van der Waals surface area contributed by atoms with Crippen molar-refractivity contribution in [3.63, 3.8) is 0 Å². The maximum atomic E-state index is 10.8. The van der Waals surface area contributed by atoms with E-state index < -0.39 is 55.4 Å². The molecule has 0 aliphatic heterocycles. The summed E-state index contributed by atoms with van der Waals surface area (Å²) in [6.45, 7) is 0. The Bertz CT molecular complexity index is 281. The molecular formula is C6H7AuClO7. The topological polar surface area (TPSA) is 121 Å². The summed E-state index contributed by atoms with van der Waals surface area (Å²) in [5, 5.41) is 26.2. The van der Waals surface area contributed by atoms with Gasteiger partial charge in [0.2, 0.25) is 0 Å². The number of aliphatic hydroxyl groups is 1. The number of carbonyl (C=O) groups is 3. The van der Waals surface area contributed by atoms with Gasteiger partial charge in [0.15, 0.2) is 0 Å². The fourth-order valence-corrected chi connectivity index (χ4v) is 1.52. The van der Waals surface area contributed by atoms with Crippen LogP contribution < -0.4 is 0 Å². The van der Waals surface area contributed by atoms with Gasteiger partial charge in [0.1, 0.15) is 0 Å². The van der Waals surface area contributed by atoms with Gasteiger partial charge in [0.05, 0.1) is 0 Å². The molecule has 0 rings (SSSR count). The molecule has 1 atom stereocenters. The quantitative estimate of drug-likeness (QED) is 0.486. The van der Waals surface area contributed by atoms with E-state index in [1.807, 2.05) is 0 Å². The molecule has 0 radical (unpaired) electrons. The van der Waals surface area contributed by atoms with Crippen LogP contribution in [0.3, 0.4) is 0 Å². The van der Waals surface area contributed by atoms with E-state index in [9.17, 15) is 19.5 Å². The van der Waals surface area contributed by atoms with Crippen LogP contribution in [-0.2, 0) is 36.7 Å². The molecular weight excluding hydrogens is 416 g/mol. The molecule has 0 aliphatic carbocycles. The van der Waals surface area contributed by atoms with E-state index >= 15 is 0 Å². The molecule has 0 bridgehead atoms. The SMILES string of the molecule is O=C(O)CC(O)(CC(=O)[O][Au][Cl])C(=O)O. The van der Waals surface area contributed by atoms with E-state index in [0.717, 1.165) is 0 Å². The Kier molecular flexibility index (Phi) is 5.84. The van der Waals surface area contributed by atoms with Crippen LogP contribution in [0.5, 0.6) is 0 Å². The third-order valence-corrected chi connectivity index (χ3v) is 2.41. The first kappa shape index (κ1) is 14.4. The summed E-state index contributed by atoms with van der Waals surface area (Å²) in [6.07, 6.45) is -2.03. The number of hydrogen-bond acceptors (Lipinski definition) is 5. The van der Waals surface area contributed by atoms with Crippen molar-refractivity contribution >= 4 is 27.1 Å². The van der Waals surface area contributed by atoms with Crippen molar-refractivity contribution in [1.29, 1.82) is 0 Å². The number of carboxylic acids is 2. The molecule has 0 aromatic carbocycles. The summed E-state index contributed by atoms with van der Waals surface area (Å²) >= 11 is -1.26. The predicted octanol–water partition coefficient (Wildman–Crippen LogP) is -0.639. The van der Waals surface area contributed by atoms with E-state index in [0.29, 0.717) is 0 Å². The zero-order valence-corrected chi connectivity index (χ0v) is 9.99. The zero-order chi connectivity index (χ0) is 12.1. The summed E-state index contributed by atoms with van der Waals surface area (Å²) in [6, 6.07) is 0. The summed E-state index contributed by atoms with van der Waals surface area (Å²) < 4.78 is 4.28. The van der Waals surface area contributed by atoms with Crippen LogP contribution in [0.4, 0.5) is 0 Å². The van der Waals surface area contributed by atoms with E-state index in [1.165, 1.54) is 0 Å². The fourth-order valence-electron chi connectivity index (χ4n) is 0.750. The Morgan fingerprint density at radius 1 is 1.27 bits per heavy atom. The fraction of sp³-hybridized carbons (Fsp3) is 0.500. The number of hydrogen-bond donors (Lipinski definition) is 3. The molecule has 1 unspecified atom stereocenters. The monoisotopic (exact) mass is 423 g/mol. The third-order valence-electron chi connectivity index (χ3n) is 1.37. The van der Waals surface area contributed by atoms with Crippen LogP contribution in [0.25, 0.3) is 0 Å². The van der Waals surface area contributed by atoms with Crippen molar-refractivity contribution < 1.29 is 52.0 Å². The van der Waals surface area contributed by atoms with E-state index in [1.54, 1.807) is 0 Å². The van der Waals surface area contributed by atoms with Gasteiger partial charge < -0.3 is 0 Å². The molecule has 3 N–H and O–H groups in total. The molecule has 0 heterocycles. The average Bonchev–Trinajstić information content (AvgIpc) is 2.01. The normalized spacial score (nSPS) is 14.3. The molecule has 15 heavy (non-hydrogen) atoms. The summed E-state index contributed by atoms with van der Waals surface area (Å²) in [5.74, 6) is -4.38. The average molecular weight is 424 g/mol. The molecule has 0 aromatic rings. The molecule has 0 fully saturated rings. The maximum absolute atomic E-state index is 10.8. The van der Waals surface area contributed by atoms with Crippen molar-refractivity contribution in [1.82, 2.24) is 0 Å². The Morgan fingerprint density at radius 3 is 2.13 bits per heavy atom. The minimum absolute atomic E-state index is 0.947. The van der Waals surface area contributed by atoms with Crippen LogP contribution in [0.15, 0.2) is 0 Å². The zero-order valence-electron chi connectivity index (χ0n) is 7.07. The second kappa shape index (κ2) is 6.09. The van der Waals surface area contributed by atoms with Crippen molar-refractivity contribution in [2.45, 2.75) is 18.4 Å². The standard InChI is InChI=1S/C6H8O7.Au.ClH/c7-3(8)1-6(13,5(11)12)2-4(9)10;;/h13H,1-2H2,(H,7,8)(H,9,10)(H,11,12);;1H/q;+2;/p-2. The van der Waals surface area contributed by atoms with E-state index in [-0.39, 0.29) is 0 Å². The van der Waals surface area contributed by atoms with Crippen LogP contribution in [0.2, 0.25) is 0 Å². The third kappa shape index (κ3) is 5.14. The van der Waals surface area contributed by atoms with Crippen LogP contribution in [0.1, 0.15) is 12.8 Å². The molecule has 9 heteroatoms. The molecule has 91 valence electrons. The van der Waals surface area contributed by atoms with Gasteiger partial charge in [0, 0.05) is 0 Å². The van der Waals surface area contributed by atoms with Crippen molar-refractivity contribution in [2.75, 3.05) is 0 Å². The van der Waals surface area contributed by atoms with E-state index in [4.69, 9.17) is 19.4 Å². The first-order chi connectivity index (χ1) is 6.81. The van der Waals surface area contributed by atoms with E-state index in [2.05, 4.69) is 3.24 Å². The van der Waals surface area contributed by atoms with Crippen LogP contribution in [-0.4, -0.2) is 38.8 Å². The number of rotatable bonds is 6. The molecule has 7 nitrogen and oxygen atoms in total. The number of aliphatic carboxylic acids is 2. The Hall–Kier alpha value is -0.600. The Balaban J connectivity index is 4.58. The summed E-state index contributed by atoms with van der Waals surface area (Å²) in [7, 11) is 5.12. The van der Waals surface area contributed by atoms with Crippen molar-refractivity contribution in [3.8, 4) is 0 Å². The van der Waals surface area contributed by atoms with Crippen LogP contribution >= 0.6 is 9.19 Å². The van der Waals surface area contributed by atoms with Crippen molar-refractivity contribution in [2.24, 2.45) is 0 Å². The molecule has 0 saturated heterocycles. The predicted molar refractivity (Wildman–Crippen MR) is 41.4 cm³/mol. The van der Waals surface area contributed by atoms with Gasteiger partial charge >= 0.3 is 97.6 Å². The summed E-state index contributed by atoms with van der Waals surface area (Å²) in [5.41, 5.74) is -2.66. The molecule has 0 aromatic heterocycles. The van der Waals surface area contributed by atoms with Gasteiger partial charge in [-0.15, -0.1) is 0 Å². The number of carbonyl (C=O) groups excluding carboxylic acids is 1. The Labute approximate surface area is 97.6 Å². The van der Waals surface area contributed by atoms with Gasteiger partial charge in [-0.1, -0.05) is 0 Å². The second-order valence-electron chi connectivity index (χ2n) is 2.56. The first-order valence-corrected chi connectivity index (χ1v) is 6.96. The second-order valence-corrected chi connectivity index (χ2v) is 4.10. The number of halogens is 1. The van der Waals surface area contributed by atoms with Gasteiger partial charge in [-0.3, -0.25) is 0 Å². The molecule has 0 spiro atoms. The minimum atomic E-state index is -2.66. The van der Waals surface area contributed by atoms with Crippen LogP contribution in [0, 0.1) is 0 Å². The van der Waals surface area contributed by atoms with Crippen molar-refractivity contribution in [3.05, 3.63) is 0 Å². The molecule has 0 saturated carbocycles. The van der Waals surface area contributed by atoms with Gasteiger partial charge in [-0.25, -0.2) is 0 Å². The van der Waals surface area contributed by atoms with Gasteiger partial charge in [-0.05, 0) is 0 Å². The number of carboxylic acid groups (broad SMARTS) is 2. The van der Waals surface area contributed by atoms with Gasteiger partial charge in [0.25, 0.3) is 0 Å². The molecule has 0 aliphatic rings. The summed E-state index contributed by atoms with van der Waals surface area (Å²) in [4.78, 5) is 31.7. The Morgan fingerprint density at radius 2 is 1.80 bits per heavy atom. The first-order valence-electron chi connectivity index (χ1n) is 3.39.